The van der Waals surface area contributed by atoms with Crippen LogP contribution in [0.4, 0.5) is 11.5 Å². The summed E-state index contributed by atoms with van der Waals surface area (Å²) in [5.74, 6) is 0.838. The Balaban J connectivity index is 1.68. The largest absolute Gasteiger partial charge is 0.462 e. The molecule has 1 N–H and O–H groups in total. The van der Waals surface area contributed by atoms with E-state index in [2.05, 4.69) is 17.2 Å². The number of piperidine rings is 1. The summed E-state index contributed by atoms with van der Waals surface area (Å²) >= 11 is 0. The minimum atomic E-state index is -0.342. The Morgan fingerprint density at radius 1 is 1.22 bits per heavy atom. The summed E-state index contributed by atoms with van der Waals surface area (Å²) in [4.78, 5) is 30.7. The molecule has 0 saturated carbocycles. The lowest BCUT2D eigenvalue weighted by atomic mass is 9.99. The van der Waals surface area contributed by atoms with Crippen molar-refractivity contribution in [2.75, 3.05) is 25.0 Å². The van der Waals surface area contributed by atoms with Gasteiger partial charge in [0, 0.05) is 30.5 Å². The Kier molecular flexibility index (Phi) is 6.06. The molecule has 1 aliphatic rings. The van der Waals surface area contributed by atoms with Crippen LogP contribution in [0.25, 0.3) is 0 Å². The van der Waals surface area contributed by atoms with E-state index in [1.807, 2.05) is 4.90 Å². The molecule has 1 aromatic carbocycles. The Bertz CT molecular complexity index is 805. The number of esters is 1. The maximum absolute atomic E-state index is 12.8. The van der Waals surface area contributed by atoms with E-state index in [1.54, 1.807) is 49.5 Å². The lowest BCUT2D eigenvalue weighted by molar-refractivity contribution is 0.0526. The van der Waals surface area contributed by atoms with Gasteiger partial charge in [0.25, 0.3) is 5.91 Å². The van der Waals surface area contributed by atoms with Crippen LogP contribution in [0.3, 0.4) is 0 Å². The van der Waals surface area contributed by atoms with Crippen LogP contribution in [-0.4, -0.2) is 41.5 Å². The average Bonchev–Trinajstić information content (AvgIpc) is 2.68. The van der Waals surface area contributed by atoms with Crippen LogP contribution >= 0.6 is 0 Å². The Morgan fingerprint density at radius 3 is 2.70 bits per heavy atom. The highest BCUT2D eigenvalue weighted by Gasteiger charge is 2.22. The molecule has 1 saturated heterocycles. The number of benzene rings is 1. The van der Waals surface area contributed by atoms with Crippen molar-refractivity contribution in [1.82, 2.24) is 9.88 Å². The molecule has 0 radical (unpaired) electrons. The van der Waals surface area contributed by atoms with Gasteiger partial charge in [-0.15, -0.1) is 0 Å². The molecule has 1 aromatic heterocycles. The minimum Gasteiger partial charge on any atom is -0.462 e. The maximum Gasteiger partial charge on any atom is 0.338 e. The van der Waals surface area contributed by atoms with Gasteiger partial charge >= 0.3 is 5.97 Å². The Morgan fingerprint density at radius 2 is 2.00 bits per heavy atom. The second-order valence-electron chi connectivity index (χ2n) is 6.85. The third-order valence-electron chi connectivity index (χ3n) is 4.62. The summed E-state index contributed by atoms with van der Waals surface area (Å²) in [5.41, 5.74) is 1.91. The third-order valence-corrected chi connectivity index (χ3v) is 4.62. The smallest absolute Gasteiger partial charge is 0.338 e. The van der Waals surface area contributed by atoms with Crippen molar-refractivity contribution in [2.24, 2.45) is 5.92 Å². The molecular weight excluding hydrogens is 342 g/mol. The number of likely N-dealkylation sites (tertiary alicyclic amines) is 1. The molecule has 6 nitrogen and oxygen atoms in total. The zero-order valence-corrected chi connectivity index (χ0v) is 15.8. The molecule has 2 heterocycles. The topological polar surface area (TPSA) is 71.5 Å². The van der Waals surface area contributed by atoms with Crippen molar-refractivity contribution in [3.05, 3.63) is 53.7 Å². The second kappa shape index (κ2) is 8.66. The van der Waals surface area contributed by atoms with Gasteiger partial charge in [0.05, 0.1) is 12.2 Å². The number of anilines is 2. The van der Waals surface area contributed by atoms with E-state index >= 15 is 0 Å². The van der Waals surface area contributed by atoms with Crippen molar-refractivity contribution in [2.45, 2.75) is 26.7 Å². The van der Waals surface area contributed by atoms with Crippen molar-refractivity contribution < 1.29 is 14.3 Å². The summed E-state index contributed by atoms with van der Waals surface area (Å²) < 4.78 is 4.98. The lowest BCUT2D eigenvalue weighted by Crippen LogP contribution is -2.39. The van der Waals surface area contributed by atoms with Gasteiger partial charge < -0.3 is 15.0 Å². The predicted octanol–water partition coefficient (Wildman–Crippen LogP) is 3.87. The number of pyridine rings is 1. The Hall–Kier alpha value is -2.89. The van der Waals surface area contributed by atoms with Crippen LogP contribution in [0.5, 0.6) is 0 Å². The van der Waals surface area contributed by atoms with E-state index in [0.29, 0.717) is 29.5 Å². The van der Waals surface area contributed by atoms with Gasteiger partial charge in [0.2, 0.25) is 0 Å². The average molecular weight is 367 g/mol. The van der Waals surface area contributed by atoms with Crippen molar-refractivity contribution >= 4 is 23.4 Å². The second-order valence-corrected chi connectivity index (χ2v) is 6.85. The van der Waals surface area contributed by atoms with E-state index < -0.39 is 0 Å². The van der Waals surface area contributed by atoms with Gasteiger partial charge in [-0.05, 0) is 62.1 Å². The number of hydrogen-bond acceptors (Lipinski definition) is 5. The standard InChI is InChI=1S/C21H25N3O3/c1-3-27-21(26)16-6-8-18(9-7-16)23-19-13-17(10-11-22-19)20(25)24-12-4-5-15(2)14-24/h6-11,13,15H,3-5,12,14H2,1-2H3,(H,22,23). The summed E-state index contributed by atoms with van der Waals surface area (Å²) in [6.07, 6.45) is 3.86. The SMILES string of the molecule is CCOC(=O)c1ccc(Nc2cc(C(=O)N3CCCC(C)C3)ccn2)cc1. The van der Waals surface area contributed by atoms with E-state index in [0.717, 1.165) is 25.2 Å². The van der Waals surface area contributed by atoms with E-state index in [4.69, 9.17) is 4.74 Å². The zero-order valence-electron chi connectivity index (χ0n) is 15.8. The number of carbonyl (C=O) groups is 2. The molecule has 27 heavy (non-hydrogen) atoms. The van der Waals surface area contributed by atoms with Crippen LogP contribution in [-0.2, 0) is 4.74 Å². The number of nitrogens with zero attached hydrogens (tertiary/aromatic N) is 2. The number of carbonyl (C=O) groups excluding carboxylic acids is 2. The monoisotopic (exact) mass is 367 g/mol. The molecule has 0 aliphatic carbocycles. The first-order valence-electron chi connectivity index (χ1n) is 9.36. The van der Waals surface area contributed by atoms with Gasteiger partial charge in [-0.3, -0.25) is 4.79 Å². The molecule has 6 heteroatoms. The molecule has 3 rings (SSSR count). The van der Waals surface area contributed by atoms with Crippen LogP contribution in [0.1, 0.15) is 47.4 Å². The molecule has 2 aromatic rings. The molecule has 1 aliphatic heterocycles. The highest BCUT2D eigenvalue weighted by Crippen LogP contribution is 2.20. The van der Waals surface area contributed by atoms with Gasteiger partial charge in [-0.25, -0.2) is 9.78 Å². The summed E-state index contributed by atoms with van der Waals surface area (Å²) in [6.45, 7) is 5.92. The van der Waals surface area contributed by atoms with Crippen LogP contribution in [0, 0.1) is 5.92 Å². The molecular formula is C21H25N3O3. The van der Waals surface area contributed by atoms with Crippen molar-refractivity contribution in [1.29, 1.82) is 0 Å². The van der Waals surface area contributed by atoms with Crippen molar-refractivity contribution in [3.63, 3.8) is 0 Å². The third kappa shape index (κ3) is 4.84. The number of amides is 1. The highest BCUT2D eigenvalue weighted by atomic mass is 16.5. The highest BCUT2D eigenvalue weighted by molar-refractivity contribution is 5.95. The van der Waals surface area contributed by atoms with Crippen LogP contribution < -0.4 is 5.32 Å². The van der Waals surface area contributed by atoms with E-state index in [-0.39, 0.29) is 11.9 Å². The fourth-order valence-corrected chi connectivity index (χ4v) is 3.24. The lowest BCUT2D eigenvalue weighted by Gasteiger charge is -2.31. The predicted molar refractivity (Wildman–Crippen MR) is 104 cm³/mol. The van der Waals surface area contributed by atoms with E-state index in [1.165, 1.54) is 6.42 Å². The van der Waals surface area contributed by atoms with Gasteiger partial charge in [-0.2, -0.15) is 0 Å². The number of nitrogens with one attached hydrogen (secondary N) is 1. The number of hydrogen-bond donors (Lipinski definition) is 1. The molecule has 1 atom stereocenters. The molecule has 142 valence electrons. The zero-order chi connectivity index (χ0) is 19.2. The first-order valence-corrected chi connectivity index (χ1v) is 9.36. The fourth-order valence-electron chi connectivity index (χ4n) is 3.24. The van der Waals surface area contributed by atoms with Crippen LogP contribution in [0.2, 0.25) is 0 Å². The number of aromatic nitrogens is 1. The molecule has 1 fully saturated rings. The van der Waals surface area contributed by atoms with Gasteiger partial charge in [0.15, 0.2) is 0 Å². The van der Waals surface area contributed by atoms with Crippen molar-refractivity contribution in [3.8, 4) is 0 Å². The fraction of sp³-hybridized carbons (Fsp3) is 0.381. The summed E-state index contributed by atoms with van der Waals surface area (Å²) in [7, 11) is 0. The quantitative estimate of drug-likeness (QED) is 0.812. The first-order chi connectivity index (χ1) is 13.1. The molecule has 0 bridgehead atoms. The summed E-state index contributed by atoms with van der Waals surface area (Å²) in [6, 6.07) is 10.5. The molecule has 0 spiro atoms. The molecule has 1 amide bonds. The number of rotatable bonds is 5. The number of ether oxygens (including phenoxy) is 1. The summed E-state index contributed by atoms with van der Waals surface area (Å²) in [5, 5.41) is 3.18. The first kappa shape index (κ1) is 18.9. The van der Waals surface area contributed by atoms with Crippen LogP contribution in [0.15, 0.2) is 42.6 Å². The molecule has 1 unspecified atom stereocenters. The van der Waals surface area contributed by atoms with Gasteiger partial charge in [0.1, 0.15) is 5.82 Å². The van der Waals surface area contributed by atoms with E-state index in [9.17, 15) is 9.59 Å². The normalized spacial score (nSPS) is 16.7. The van der Waals surface area contributed by atoms with Gasteiger partial charge in [-0.1, -0.05) is 6.92 Å². The minimum absolute atomic E-state index is 0.0460. The maximum atomic E-state index is 12.8. The Labute approximate surface area is 159 Å².